The lowest BCUT2D eigenvalue weighted by molar-refractivity contribution is -0.122. The molecule has 1 aromatic heterocycles. The van der Waals surface area contributed by atoms with E-state index in [0.29, 0.717) is 36.3 Å². The summed E-state index contributed by atoms with van der Waals surface area (Å²) in [6.07, 6.45) is 4.25. The summed E-state index contributed by atoms with van der Waals surface area (Å²) in [6, 6.07) is 7.55. The van der Waals surface area contributed by atoms with E-state index in [1.807, 2.05) is 31.3 Å². The number of amides is 1. The third-order valence-electron chi connectivity index (χ3n) is 5.18. The molecule has 2 N–H and O–H groups in total. The third kappa shape index (κ3) is 5.73. The van der Waals surface area contributed by atoms with E-state index in [-0.39, 0.29) is 5.91 Å². The maximum Gasteiger partial charge on any atom is 0.224 e. The molecule has 0 bridgehead atoms. The van der Waals surface area contributed by atoms with Crippen molar-refractivity contribution in [3.05, 3.63) is 36.0 Å². The zero-order valence-electron chi connectivity index (χ0n) is 17.3. The molecule has 0 spiro atoms. The highest BCUT2D eigenvalue weighted by molar-refractivity contribution is 5.76. The van der Waals surface area contributed by atoms with Gasteiger partial charge in [0.1, 0.15) is 17.3 Å². The SMILES string of the molecule is CNc1nccc(N2CCC(CC(=O)NCc3cc(OC)cc(OC)c3)CC2)n1. The van der Waals surface area contributed by atoms with Crippen molar-refractivity contribution in [2.24, 2.45) is 5.92 Å². The van der Waals surface area contributed by atoms with E-state index in [2.05, 4.69) is 25.5 Å². The molecule has 1 aliphatic rings. The van der Waals surface area contributed by atoms with Gasteiger partial charge in [-0.25, -0.2) is 4.98 Å². The Morgan fingerprint density at radius 1 is 1.17 bits per heavy atom. The van der Waals surface area contributed by atoms with Crippen molar-refractivity contribution in [1.29, 1.82) is 0 Å². The lowest BCUT2D eigenvalue weighted by Crippen LogP contribution is -2.36. The van der Waals surface area contributed by atoms with E-state index >= 15 is 0 Å². The van der Waals surface area contributed by atoms with Crippen molar-refractivity contribution in [3.8, 4) is 11.5 Å². The number of nitrogens with zero attached hydrogens (tertiary/aromatic N) is 3. The average Bonchev–Trinajstić information content (AvgIpc) is 2.78. The van der Waals surface area contributed by atoms with Crippen molar-refractivity contribution in [2.75, 3.05) is 44.6 Å². The number of rotatable bonds is 8. The molecule has 1 aromatic carbocycles. The molecule has 0 atom stereocenters. The first kappa shape index (κ1) is 20.7. The standard InChI is InChI=1S/C21H29N5O3/c1-22-21-23-7-4-19(25-21)26-8-5-15(6-9-26)12-20(27)24-14-16-10-17(28-2)13-18(11-16)29-3/h4,7,10-11,13,15H,5-6,8-9,12,14H2,1-3H3,(H,24,27)(H,22,23,25). The molecule has 0 saturated carbocycles. The number of anilines is 2. The van der Waals surface area contributed by atoms with Gasteiger partial charge < -0.3 is 25.0 Å². The smallest absolute Gasteiger partial charge is 0.224 e. The fourth-order valence-electron chi connectivity index (χ4n) is 3.52. The normalized spacial score (nSPS) is 14.4. The van der Waals surface area contributed by atoms with Crippen LogP contribution in [0.15, 0.2) is 30.5 Å². The van der Waals surface area contributed by atoms with Crippen molar-refractivity contribution in [2.45, 2.75) is 25.8 Å². The minimum absolute atomic E-state index is 0.0738. The largest absolute Gasteiger partial charge is 0.497 e. The number of benzene rings is 1. The summed E-state index contributed by atoms with van der Waals surface area (Å²) in [5.74, 6) is 3.44. The fraction of sp³-hybridized carbons (Fsp3) is 0.476. The van der Waals surface area contributed by atoms with Gasteiger partial charge in [-0.05, 0) is 42.5 Å². The molecule has 2 aromatic rings. The van der Waals surface area contributed by atoms with E-state index in [1.54, 1.807) is 20.4 Å². The zero-order valence-corrected chi connectivity index (χ0v) is 17.3. The molecule has 3 rings (SSSR count). The Morgan fingerprint density at radius 2 is 1.86 bits per heavy atom. The molecular formula is C21H29N5O3. The van der Waals surface area contributed by atoms with Crippen LogP contribution in [0.1, 0.15) is 24.8 Å². The second kappa shape index (κ2) is 9.95. The number of carbonyl (C=O) groups excluding carboxylic acids is 1. The summed E-state index contributed by atoms with van der Waals surface area (Å²) in [7, 11) is 5.04. The van der Waals surface area contributed by atoms with E-state index in [4.69, 9.17) is 9.47 Å². The van der Waals surface area contributed by atoms with Gasteiger partial charge in [-0.2, -0.15) is 4.98 Å². The molecule has 0 radical (unpaired) electrons. The molecule has 0 unspecified atom stereocenters. The van der Waals surface area contributed by atoms with Crippen molar-refractivity contribution < 1.29 is 14.3 Å². The van der Waals surface area contributed by atoms with Crippen molar-refractivity contribution in [1.82, 2.24) is 15.3 Å². The second-order valence-electron chi connectivity index (χ2n) is 7.12. The van der Waals surface area contributed by atoms with Crippen LogP contribution in [-0.4, -0.2) is 50.2 Å². The van der Waals surface area contributed by atoms with E-state index in [1.165, 1.54) is 0 Å². The molecule has 1 aliphatic heterocycles. The number of ether oxygens (including phenoxy) is 2. The van der Waals surface area contributed by atoms with Gasteiger partial charge >= 0.3 is 0 Å². The first-order valence-electron chi connectivity index (χ1n) is 9.85. The Hall–Kier alpha value is -3.03. The molecule has 29 heavy (non-hydrogen) atoms. The van der Waals surface area contributed by atoms with Crippen LogP contribution in [-0.2, 0) is 11.3 Å². The second-order valence-corrected chi connectivity index (χ2v) is 7.12. The predicted octanol–water partition coefficient (Wildman–Crippen LogP) is 2.46. The van der Waals surface area contributed by atoms with E-state index < -0.39 is 0 Å². The Morgan fingerprint density at radius 3 is 2.48 bits per heavy atom. The van der Waals surface area contributed by atoms with Crippen LogP contribution in [0.4, 0.5) is 11.8 Å². The van der Waals surface area contributed by atoms with Crippen LogP contribution < -0.4 is 25.0 Å². The third-order valence-corrected chi connectivity index (χ3v) is 5.18. The van der Waals surface area contributed by atoms with Crippen LogP contribution in [0.25, 0.3) is 0 Å². The molecule has 1 amide bonds. The Balaban J connectivity index is 1.46. The summed E-state index contributed by atoms with van der Waals surface area (Å²) in [6.45, 7) is 2.25. The molecule has 0 aliphatic carbocycles. The maximum atomic E-state index is 12.4. The topological polar surface area (TPSA) is 88.6 Å². The lowest BCUT2D eigenvalue weighted by Gasteiger charge is -2.32. The summed E-state index contributed by atoms with van der Waals surface area (Å²) in [5.41, 5.74) is 0.952. The van der Waals surface area contributed by atoms with Gasteiger partial charge in [0.25, 0.3) is 0 Å². The quantitative estimate of drug-likeness (QED) is 0.705. The molecule has 1 fully saturated rings. The van der Waals surface area contributed by atoms with Crippen molar-refractivity contribution >= 4 is 17.7 Å². The minimum atomic E-state index is 0.0738. The Kier molecular flexibility index (Phi) is 7.10. The highest BCUT2D eigenvalue weighted by atomic mass is 16.5. The van der Waals surface area contributed by atoms with E-state index in [9.17, 15) is 4.79 Å². The Bertz CT molecular complexity index is 799. The number of nitrogens with one attached hydrogen (secondary N) is 2. The summed E-state index contributed by atoms with van der Waals surface area (Å²) in [5, 5.41) is 5.98. The Labute approximate surface area is 171 Å². The number of hydrogen-bond donors (Lipinski definition) is 2. The lowest BCUT2D eigenvalue weighted by atomic mass is 9.93. The van der Waals surface area contributed by atoms with Gasteiger partial charge in [-0.15, -0.1) is 0 Å². The van der Waals surface area contributed by atoms with Gasteiger partial charge in [0.2, 0.25) is 11.9 Å². The zero-order chi connectivity index (χ0) is 20.6. The summed E-state index contributed by atoms with van der Waals surface area (Å²) >= 11 is 0. The average molecular weight is 399 g/mol. The van der Waals surface area contributed by atoms with Gasteiger partial charge in [0.05, 0.1) is 14.2 Å². The van der Waals surface area contributed by atoms with Crippen LogP contribution in [0.5, 0.6) is 11.5 Å². The molecule has 8 nitrogen and oxygen atoms in total. The molecule has 156 valence electrons. The van der Waals surface area contributed by atoms with Crippen LogP contribution >= 0.6 is 0 Å². The summed E-state index contributed by atoms with van der Waals surface area (Å²) < 4.78 is 10.6. The number of piperidine rings is 1. The van der Waals surface area contributed by atoms with Gasteiger partial charge in [0, 0.05) is 45.4 Å². The number of aromatic nitrogens is 2. The highest BCUT2D eigenvalue weighted by Crippen LogP contribution is 2.25. The number of carbonyl (C=O) groups is 1. The predicted molar refractivity (Wildman–Crippen MR) is 113 cm³/mol. The van der Waals surface area contributed by atoms with Crippen LogP contribution in [0.2, 0.25) is 0 Å². The fourth-order valence-corrected chi connectivity index (χ4v) is 3.52. The minimum Gasteiger partial charge on any atom is -0.497 e. The van der Waals surface area contributed by atoms with Gasteiger partial charge in [-0.1, -0.05) is 0 Å². The summed E-state index contributed by atoms with van der Waals surface area (Å²) in [4.78, 5) is 23.3. The molecule has 2 heterocycles. The number of methoxy groups -OCH3 is 2. The van der Waals surface area contributed by atoms with Crippen LogP contribution in [0.3, 0.4) is 0 Å². The van der Waals surface area contributed by atoms with E-state index in [0.717, 1.165) is 37.3 Å². The molecule has 8 heteroatoms. The molecule has 1 saturated heterocycles. The van der Waals surface area contributed by atoms with Gasteiger partial charge in [0.15, 0.2) is 0 Å². The first-order chi connectivity index (χ1) is 14.1. The monoisotopic (exact) mass is 399 g/mol. The van der Waals surface area contributed by atoms with Gasteiger partial charge in [-0.3, -0.25) is 4.79 Å². The molecular weight excluding hydrogens is 370 g/mol. The van der Waals surface area contributed by atoms with Crippen molar-refractivity contribution in [3.63, 3.8) is 0 Å². The highest BCUT2D eigenvalue weighted by Gasteiger charge is 2.22. The first-order valence-corrected chi connectivity index (χ1v) is 9.85. The maximum absolute atomic E-state index is 12.4. The number of hydrogen-bond acceptors (Lipinski definition) is 7. The van der Waals surface area contributed by atoms with Crippen LogP contribution in [0, 0.1) is 5.92 Å².